The van der Waals surface area contributed by atoms with E-state index in [0.717, 1.165) is 6.07 Å². The Morgan fingerprint density at radius 3 is 2.05 bits per heavy atom. The summed E-state index contributed by atoms with van der Waals surface area (Å²) >= 11 is 5.71. The van der Waals surface area contributed by atoms with Crippen LogP contribution < -0.4 is 10.9 Å². The molecule has 2 rings (SSSR count). The fourth-order valence-corrected chi connectivity index (χ4v) is 1.72. The second-order valence-electron chi connectivity index (χ2n) is 4.38. The standard InChI is InChI=1S/C15H12ClFN2O2/c1-9-2-3-11(8-13(9)17)15(21)19-18-14(20)10-4-6-12(16)7-5-10/h2-8H,1H3,(H,18,20)(H,19,21). The van der Waals surface area contributed by atoms with Gasteiger partial charge in [-0.25, -0.2) is 4.39 Å². The van der Waals surface area contributed by atoms with Crippen molar-refractivity contribution >= 4 is 23.4 Å². The van der Waals surface area contributed by atoms with E-state index in [1.54, 1.807) is 19.1 Å². The summed E-state index contributed by atoms with van der Waals surface area (Å²) in [5.74, 6) is -1.57. The van der Waals surface area contributed by atoms with Crippen molar-refractivity contribution < 1.29 is 14.0 Å². The van der Waals surface area contributed by atoms with Gasteiger partial charge >= 0.3 is 0 Å². The van der Waals surface area contributed by atoms with Gasteiger partial charge in [0.25, 0.3) is 11.8 Å². The van der Waals surface area contributed by atoms with Crippen molar-refractivity contribution in [1.29, 1.82) is 0 Å². The summed E-state index contributed by atoms with van der Waals surface area (Å²) < 4.78 is 13.4. The fraction of sp³-hybridized carbons (Fsp3) is 0.0667. The third-order valence-electron chi connectivity index (χ3n) is 2.83. The molecule has 0 aromatic heterocycles. The Hall–Kier alpha value is -2.40. The number of halogens is 2. The largest absolute Gasteiger partial charge is 0.269 e. The van der Waals surface area contributed by atoms with Crippen LogP contribution in [0.1, 0.15) is 26.3 Å². The Morgan fingerprint density at radius 1 is 0.952 bits per heavy atom. The van der Waals surface area contributed by atoms with Crippen LogP contribution >= 0.6 is 11.6 Å². The normalized spacial score (nSPS) is 10.0. The number of carbonyl (C=O) groups excluding carboxylic acids is 2. The minimum Gasteiger partial charge on any atom is -0.267 e. The molecule has 2 aromatic rings. The van der Waals surface area contributed by atoms with Crippen LogP contribution in [0, 0.1) is 12.7 Å². The first-order chi connectivity index (χ1) is 9.97. The lowest BCUT2D eigenvalue weighted by atomic mass is 10.1. The van der Waals surface area contributed by atoms with E-state index in [4.69, 9.17) is 11.6 Å². The number of benzene rings is 2. The summed E-state index contributed by atoms with van der Waals surface area (Å²) in [6.45, 7) is 1.60. The molecular weight excluding hydrogens is 295 g/mol. The molecule has 2 N–H and O–H groups in total. The van der Waals surface area contributed by atoms with Gasteiger partial charge in [0.05, 0.1) is 0 Å². The molecule has 0 atom stereocenters. The lowest BCUT2D eigenvalue weighted by Gasteiger charge is -2.08. The number of rotatable bonds is 2. The summed E-state index contributed by atoms with van der Waals surface area (Å²) in [6, 6.07) is 10.2. The number of carbonyl (C=O) groups is 2. The van der Waals surface area contributed by atoms with E-state index in [0.29, 0.717) is 16.1 Å². The summed E-state index contributed by atoms with van der Waals surface area (Å²) in [6.07, 6.45) is 0. The number of hydrogen-bond acceptors (Lipinski definition) is 2. The van der Waals surface area contributed by atoms with Crippen LogP contribution in [-0.2, 0) is 0 Å². The lowest BCUT2D eigenvalue weighted by Crippen LogP contribution is -2.41. The number of hydrazine groups is 1. The van der Waals surface area contributed by atoms with Crippen LogP contribution in [0.4, 0.5) is 4.39 Å². The SMILES string of the molecule is Cc1ccc(C(=O)NNC(=O)c2ccc(Cl)cc2)cc1F. The number of nitrogens with one attached hydrogen (secondary N) is 2. The predicted molar refractivity (Wildman–Crippen MR) is 77.5 cm³/mol. The summed E-state index contributed by atoms with van der Waals surface area (Å²) in [5.41, 5.74) is 5.37. The summed E-state index contributed by atoms with van der Waals surface area (Å²) in [5, 5.41) is 0.505. The van der Waals surface area contributed by atoms with Crippen LogP contribution in [0.2, 0.25) is 5.02 Å². The van der Waals surface area contributed by atoms with E-state index in [1.807, 2.05) is 0 Å². The smallest absolute Gasteiger partial charge is 0.267 e. The van der Waals surface area contributed by atoms with E-state index in [2.05, 4.69) is 10.9 Å². The fourth-order valence-electron chi connectivity index (χ4n) is 1.59. The third kappa shape index (κ3) is 3.79. The minimum atomic E-state index is -0.601. The van der Waals surface area contributed by atoms with E-state index < -0.39 is 17.6 Å². The van der Waals surface area contributed by atoms with Gasteiger partial charge < -0.3 is 0 Å². The average molecular weight is 307 g/mol. The second kappa shape index (κ2) is 6.37. The maximum atomic E-state index is 13.4. The van der Waals surface area contributed by atoms with Crippen molar-refractivity contribution in [3.05, 3.63) is 70.0 Å². The predicted octanol–water partition coefficient (Wildman–Crippen LogP) is 2.86. The highest BCUT2D eigenvalue weighted by Gasteiger charge is 2.10. The molecule has 0 aliphatic carbocycles. The van der Waals surface area contributed by atoms with Crippen LogP contribution in [0.25, 0.3) is 0 Å². The summed E-state index contributed by atoms with van der Waals surface area (Å²) in [4.78, 5) is 23.6. The summed E-state index contributed by atoms with van der Waals surface area (Å²) in [7, 11) is 0. The maximum Gasteiger partial charge on any atom is 0.269 e. The molecule has 2 amide bonds. The van der Waals surface area contributed by atoms with E-state index in [-0.39, 0.29) is 5.56 Å². The molecule has 0 aliphatic rings. The van der Waals surface area contributed by atoms with Gasteiger partial charge in [0, 0.05) is 16.1 Å². The highest BCUT2D eigenvalue weighted by atomic mass is 35.5. The molecule has 0 heterocycles. The first kappa shape index (κ1) is 15.0. The van der Waals surface area contributed by atoms with Crippen molar-refractivity contribution in [3.63, 3.8) is 0 Å². The molecule has 0 unspecified atom stereocenters. The number of hydrogen-bond donors (Lipinski definition) is 2. The molecule has 2 aromatic carbocycles. The Morgan fingerprint density at radius 2 is 1.48 bits per heavy atom. The minimum absolute atomic E-state index is 0.120. The van der Waals surface area contributed by atoms with Crippen LogP contribution in [0.3, 0.4) is 0 Å². The van der Waals surface area contributed by atoms with Gasteiger partial charge in [-0.2, -0.15) is 0 Å². The zero-order valence-corrected chi connectivity index (χ0v) is 11.9. The van der Waals surface area contributed by atoms with Crippen molar-refractivity contribution in [3.8, 4) is 0 Å². The van der Waals surface area contributed by atoms with Crippen molar-refractivity contribution in [2.75, 3.05) is 0 Å². The molecule has 0 spiro atoms. The quantitative estimate of drug-likeness (QED) is 0.838. The lowest BCUT2D eigenvalue weighted by molar-refractivity contribution is 0.0846. The van der Waals surface area contributed by atoms with Crippen molar-refractivity contribution in [1.82, 2.24) is 10.9 Å². The zero-order valence-electron chi connectivity index (χ0n) is 11.1. The molecule has 0 bridgehead atoms. The third-order valence-corrected chi connectivity index (χ3v) is 3.08. The monoisotopic (exact) mass is 306 g/mol. The highest BCUT2D eigenvalue weighted by Crippen LogP contribution is 2.10. The van der Waals surface area contributed by atoms with Gasteiger partial charge in [0.15, 0.2) is 0 Å². The van der Waals surface area contributed by atoms with E-state index >= 15 is 0 Å². The number of amides is 2. The molecule has 0 fully saturated rings. The second-order valence-corrected chi connectivity index (χ2v) is 4.82. The van der Waals surface area contributed by atoms with Gasteiger partial charge in [0.1, 0.15) is 5.82 Å². The molecule has 6 heteroatoms. The van der Waals surface area contributed by atoms with Crippen LogP contribution in [0.15, 0.2) is 42.5 Å². The Labute approximate surface area is 125 Å². The molecular formula is C15H12ClFN2O2. The highest BCUT2D eigenvalue weighted by molar-refractivity contribution is 6.30. The maximum absolute atomic E-state index is 13.4. The van der Waals surface area contributed by atoms with Gasteiger partial charge in [0.2, 0.25) is 0 Å². The van der Waals surface area contributed by atoms with Gasteiger partial charge in [-0.05, 0) is 48.9 Å². The first-order valence-electron chi connectivity index (χ1n) is 6.10. The van der Waals surface area contributed by atoms with E-state index in [9.17, 15) is 14.0 Å². The van der Waals surface area contributed by atoms with Crippen molar-refractivity contribution in [2.24, 2.45) is 0 Å². The van der Waals surface area contributed by atoms with Crippen LogP contribution in [-0.4, -0.2) is 11.8 Å². The van der Waals surface area contributed by atoms with Gasteiger partial charge in [-0.1, -0.05) is 17.7 Å². The molecule has 0 saturated carbocycles. The molecule has 108 valence electrons. The molecule has 0 aliphatic heterocycles. The van der Waals surface area contributed by atoms with E-state index in [1.165, 1.54) is 24.3 Å². The first-order valence-corrected chi connectivity index (χ1v) is 6.47. The van der Waals surface area contributed by atoms with Gasteiger partial charge in [-0.15, -0.1) is 0 Å². The Kier molecular flexibility index (Phi) is 4.55. The average Bonchev–Trinajstić information content (AvgIpc) is 2.48. The van der Waals surface area contributed by atoms with Gasteiger partial charge in [-0.3, -0.25) is 20.4 Å². The molecule has 4 nitrogen and oxygen atoms in total. The number of aryl methyl sites for hydroxylation is 1. The Balaban J connectivity index is 1.98. The molecule has 0 saturated heterocycles. The molecule has 21 heavy (non-hydrogen) atoms. The van der Waals surface area contributed by atoms with Crippen LogP contribution in [0.5, 0.6) is 0 Å². The molecule has 0 radical (unpaired) electrons. The topological polar surface area (TPSA) is 58.2 Å². The van der Waals surface area contributed by atoms with Crippen molar-refractivity contribution in [2.45, 2.75) is 6.92 Å². The Bertz CT molecular complexity index is 687. The zero-order chi connectivity index (χ0) is 15.4.